The largest absolute Gasteiger partial charge is 0.406 e. The van der Waals surface area contributed by atoms with E-state index >= 15 is 0 Å². The lowest BCUT2D eigenvalue weighted by Gasteiger charge is -2.10. The van der Waals surface area contributed by atoms with E-state index in [1.165, 1.54) is 10.8 Å². The van der Waals surface area contributed by atoms with Gasteiger partial charge in [-0.1, -0.05) is 36.4 Å². The first-order valence-electron chi connectivity index (χ1n) is 5.13. The number of nitrogens with zero attached hydrogens (tertiary/aromatic N) is 1. The van der Waals surface area contributed by atoms with Crippen LogP contribution in [0.15, 0.2) is 53.3 Å². The zero-order valence-corrected chi connectivity index (χ0v) is 9.09. The van der Waals surface area contributed by atoms with Gasteiger partial charge in [0.25, 0.3) is 5.56 Å². The first-order chi connectivity index (χ1) is 7.77. The van der Waals surface area contributed by atoms with Gasteiger partial charge in [0.2, 0.25) is 0 Å². The highest BCUT2D eigenvalue weighted by atomic mass is 16.7. The number of rotatable bonds is 3. The molecule has 1 aromatic carbocycles. The van der Waals surface area contributed by atoms with Crippen molar-refractivity contribution in [1.82, 2.24) is 4.73 Å². The molecule has 0 unspecified atom stereocenters. The van der Waals surface area contributed by atoms with Crippen LogP contribution in [0.1, 0.15) is 11.3 Å². The molecular formula is C13H13NO2. The number of aromatic nitrogens is 1. The molecule has 0 atom stereocenters. The van der Waals surface area contributed by atoms with Crippen LogP contribution in [0, 0.1) is 6.92 Å². The van der Waals surface area contributed by atoms with Crippen LogP contribution < -0.4 is 10.4 Å². The Hall–Kier alpha value is -2.03. The molecule has 0 N–H and O–H groups in total. The van der Waals surface area contributed by atoms with Gasteiger partial charge in [0.05, 0.1) is 5.69 Å². The van der Waals surface area contributed by atoms with Gasteiger partial charge in [-0.05, 0) is 18.6 Å². The van der Waals surface area contributed by atoms with Gasteiger partial charge in [-0.25, -0.2) is 0 Å². The molecule has 0 aliphatic carbocycles. The van der Waals surface area contributed by atoms with Crippen LogP contribution in [0.2, 0.25) is 0 Å². The van der Waals surface area contributed by atoms with Crippen molar-refractivity contribution in [2.45, 2.75) is 13.5 Å². The van der Waals surface area contributed by atoms with E-state index in [0.717, 1.165) is 11.3 Å². The Morgan fingerprint density at radius 2 is 1.81 bits per heavy atom. The SMILES string of the molecule is Cc1cccc(=O)n1OCc1ccccc1. The molecule has 82 valence electrons. The fourth-order valence-corrected chi connectivity index (χ4v) is 1.46. The molecule has 0 radical (unpaired) electrons. The molecule has 0 saturated carbocycles. The average Bonchev–Trinajstić information content (AvgIpc) is 2.30. The maximum Gasteiger partial charge on any atom is 0.283 e. The standard InChI is InChI=1S/C13H13NO2/c1-11-6-5-9-13(15)14(11)16-10-12-7-3-2-4-8-12/h2-9H,10H2,1H3. The first-order valence-corrected chi connectivity index (χ1v) is 5.13. The topological polar surface area (TPSA) is 31.2 Å². The van der Waals surface area contributed by atoms with E-state index in [0.29, 0.717) is 6.61 Å². The average molecular weight is 215 g/mol. The van der Waals surface area contributed by atoms with Gasteiger partial charge in [0.1, 0.15) is 6.61 Å². The second-order valence-electron chi connectivity index (χ2n) is 3.56. The molecule has 3 nitrogen and oxygen atoms in total. The quantitative estimate of drug-likeness (QED) is 0.781. The zero-order valence-electron chi connectivity index (χ0n) is 9.09. The Bertz CT molecular complexity index is 517. The Morgan fingerprint density at radius 1 is 1.06 bits per heavy atom. The molecule has 1 aromatic heterocycles. The monoisotopic (exact) mass is 215 g/mol. The molecule has 16 heavy (non-hydrogen) atoms. The minimum Gasteiger partial charge on any atom is -0.406 e. The maximum atomic E-state index is 11.5. The van der Waals surface area contributed by atoms with Crippen molar-refractivity contribution in [3.63, 3.8) is 0 Å². The number of hydrogen-bond acceptors (Lipinski definition) is 2. The Labute approximate surface area is 93.9 Å². The number of benzene rings is 1. The van der Waals surface area contributed by atoms with Gasteiger partial charge < -0.3 is 4.84 Å². The minimum atomic E-state index is -0.143. The normalized spacial score (nSPS) is 10.1. The van der Waals surface area contributed by atoms with Crippen molar-refractivity contribution in [2.75, 3.05) is 0 Å². The molecule has 0 spiro atoms. The number of aryl methyl sites for hydroxylation is 1. The van der Waals surface area contributed by atoms with E-state index in [9.17, 15) is 4.79 Å². The second kappa shape index (κ2) is 4.66. The van der Waals surface area contributed by atoms with Crippen molar-refractivity contribution < 1.29 is 4.84 Å². The number of pyridine rings is 1. The second-order valence-corrected chi connectivity index (χ2v) is 3.56. The third-order valence-corrected chi connectivity index (χ3v) is 2.30. The lowest BCUT2D eigenvalue weighted by molar-refractivity contribution is 0.0846. The van der Waals surface area contributed by atoms with E-state index in [1.807, 2.05) is 43.3 Å². The van der Waals surface area contributed by atoms with Crippen LogP contribution >= 0.6 is 0 Å². The van der Waals surface area contributed by atoms with Crippen LogP contribution in [-0.4, -0.2) is 4.73 Å². The predicted molar refractivity (Wildman–Crippen MR) is 62.2 cm³/mol. The summed E-state index contributed by atoms with van der Waals surface area (Å²) < 4.78 is 1.31. The summed E-state index contributed by atoms with van der Waals surface area (Å²) in [7, 11) is 0. The fourth-order valence-electron chi connectivity index (χ4n) is 1.46. The third kappa shape index (κ3) is 2.31. The van der Waals surface area contributed by atoms with Gasteiger partial charge in [-0.2, -0.15) is 0 Å². The van der Waals surface area contributed by atoms with Gasteiger partial charge in [0, 0.05) is 6.07 Å². The summed E-state index contributed by atoms with van der Waals surface area (Å²) in [5.41, 5.74) is 1.69. The highest BCUT2D eigenvalue weighted by Crippen LogP contribution is 1.99. The van der Waals surface area contributed by atoms with Crippen molar-refractivity contribution in [1.29, 1.82) is 0 Å². The van der Waals surface area contributed by atoms with Crippen LogP contribution in [-0.2, 0) is 6.61 Å². The van der Waals surface area contributed by atoms with Crippen LogP contribution in [0.5, 0.6) is 0 Å². The summed E-state index contributed by atoms with van der Waals surface area (Å²) in [6, 6.07) is 14.8. The molecule has 0 aliphatic heterocycles. The molecule has 1 heterocycles. The summed E-state index contributed by atoms with van der Waals surface area (Å²) in [4.78, 5) is 17.0. The van der Waals surface area contributed by atoms with Gasteiger partial charge in [-0.15, -0.1) is 4.73 Å². The highest BCUT2D eigenvalue weighted by Gasteiger charge is 1.99. The third-order valence-electron chi connectivity index (χ3n) is 2.30. The summed E-state index contributed by atoms with van der Waals surface area (Å²) in [6.45, 7) is 2.23. The van der Waals surface area contributed by atoms with Crippen molar-refractivity contribution in [3.05, 3.63) is 70.1 Å². The van der Waals surface area contributed by atoms with Gasteiger partial charge >= 0.3 is 0 Å². The molecule has 0 saturated heterocycles. The van der Waals surface area contributed by atoms with Crippen molar-refractivity contribution in [2.24, 2.45) is 0 Å². The van der Waals surface area contributed by atoms with Crippen molar-refractivity contribution in [3.8, 4) is 0 Å². The van der Waals surface area contributed by atoms with Gasteiger partial charge in [0.15, 0.2) is 0 Å². The smallest absolute Gasteiger partial charge is 0.283 e. The Morgan fingerprint density at radius 3 is 2.50 bits per heavy atom. The summed E-state index contributed by atoms with van der Waals surface area (Å²) in [6.07, 6.45) is 0. The molecule has 3 heteroatoms. The molecular weight excluding hydrogens is 202 g/mol. The molecule has 2 aromatic rings. The first kappa shape index (κ1) is 10.5. The van der Waals surface area contributed by atoms with E-state index in [-0.39, 0.29) is 5.56 Å². The van der Waals surface area contributed by atoms with E-state index in [2.05, 4.69) is 0 Å². The van der Waals surface area contributed by atoms with Crippen LogP contribution in [0.25, 0.3) is 0 Å². The maximum absolute atomic E-state index is 11.5. The summed E-state index contributed by atoms with van der Waals surface area (Å²) in [5.74, 6) is 0. The fraction of sp³-hybridized carbons (Fsp3) is 0.154. The molecule has 0 aliphatic rings. The molecule has 2 rings (SSSR count). The van der Waals surface area contributed by atoms with E-state index in [4.69, 9.17) is 4.84 Å². The summed E-state index contributed by atoms with van der Waals surface area (Å²) >= 11 is 0. The van der Waals surface area contributed by atoms with E-state index < -0.39 is 0 Å². The van der Waals surface area contributed by atoms with Crippen molar-refractivity contribution >= 4 is 0 Å². The minimum absolute atomic E-state index is 0.143. The molecule has 0 bridgehead atoms. The molecule has 0 fully saturated rings. The lowest BCUT2D eigenvalue weighted by Crippen LogP contribution is -2.27. The summed E-state index contributed by atoms with van der Waals surface area (Å²) in [5, 5.41) is 0. The van der Waals surface area contributed by atoms with E-state index in [1.54, 1.807) is 6.07 Å². The van der Waals surface area contributed by atoms with Gasteiger partial charge in [-0.3, -0.25) is 4.79 Å². The predicted octanol–water partition coefficient (Wildman–Crippen LogP) is 1.79. The number of hydrogen-bond donors (Lipinski definition) is 0. The Balaban J connectivity index is 2.14. The lowest BCUT2D eigenvalue weighted by atomic mass is 10.2. The van der Waals surface area contributed by atoms with Crippen LogP contribution in [0.3, 0.4) is 0 Å². The molecule has 0 amide bonds. The van der Waals surface area contributed by atoms with Crippen LogP contribution in [0.4, 0.5) is 0 Å². The highest BCUT2D eigenvalue weighted by molar-refractivity contribution is 5.13. The Kier molecular flexibility index (Phi) is 3.05. The zero-order chi connectivity index (χ0) is 11.4.